The van der Waals surface area contributed by atoms with Gasteiger partial charge in [-0.2, -0.15) is 5.10 Å². The van der Waals surface area contributed by atoms with Crippen LogP contribution in [0.25, 0.3) is 22.0 Å². The lowest BCUT2D eigenvalue weighted by atomic mass is 10.1. The summed E-state index contributed by atoms with van der Waals surface area (Å²) in [6, 6.07) is 17.7. The highest BCUT2D eigenvalue weighted by Gasteiger charge is 2.11. The first-order valence-corrected chi connectivity index (χ1v) is 7.37. The van der Waals surface area contributed by atoms with Gasteiger partial charge in [-0.15, -0.1) is 0 Å². The third-order valence-corrected chi connectivity index (χ3v) is 3.67. The Labute approximate surface area is 129 Å². The zero-order valence-electron chi connectivity index (χ0n) is 12.9. The van der Waals surface area contributed by atoms with Gasteiger partial charge in [0.05, 0.1) is 17.6 Å². The lowest BCUT2D eigenvalue weighted by Crippen LogP contribution is -2.29. The van der Waals surface area contributed by atoms with Crippen molar-refractivity contribution >= 4 is 10.8 Å². The number of fused-ring (bicyclic) bond motifs is 1. The molecule has 0 amide bonds. The van der Waals surface area contributed by atoms with Crippen LogP contribution in [-0.2, 0) is 6.54 Å². The van der Waals surface area contributed by atoms with Gasteiger partial charge < -0.3 is 4.90 Å². The first-order chi connectivity index (χ1) is 10.7. The smallest absolute Gasteiger partial charge is 0.274 e. The largest absolute Gasteiger partial charge is 0.308 e. The zero-order valence-corrected chi connectivity index (χ0v) is 12.9. The molecule has 0 saturated heterocycles. The van der Waals surface area contributed by atoms with Gasteiger partial charge in [0, 0.05) is 17.5 Å². The summed E-state index contributed by atoms with van der Waals surface area (Å²) < 4.78 is 1.57. The molecule has 0 spiro atoms. The van der Waals surface area contributed by atoms with Gasteiger partial charge in [0.15, 0.2) is 0 Å². The minimum absolute atomic E-state index is 0.0304. The van der Waals surface area contributed by atoms with Crippen LogP contribution in [0.2, 0.25) is 0 Å². The van der Waals surface area contributed by atoms with Crippen LogP contribution in [0.15, 0.2) is 59.4 Å². The quantitative estimate of drug-likeness (QED) is 0.742. The average molecular weight is 293 g/mol. The topological polar surface area (TPSA) is 38.1 Å². The van der Waals surface area contributed by atoms with Crippen molar-refractivity contribution in [1.29, 1.82) is 0 Å². The van der Waals surface area contributed by atoms with E-state index in [0.29, 0.717) is 6.54 Å². The second-order valence-corrected chi connectivity index (χ2v) is 5.59. The maximum Gasteiger partial charge on any atom is 0.274 e. The summed E-state index contributed by atoms with van der Waals surface area (Å²) in [5.41, 5.74) is 1.85. The van der Waals surface area contributed by atoms with Crippen molar-refractivity contribution in [3.8, 4) is 11.3 Å². The Bertz CT molecular complexity index is 838. The van der Waals surface area contributed by atoms with Crippen LogP contribution in [0, 0.1) is 0 Å². The van der Waals surface area contributed by atoms with Gasteiger partial charge in [-0.1, -0.05) is 48.5 Å². The van der Waals surface area contributed by atoms with E-state index >= 15 is 0 Å². The molecule has 0 bridgehead atoms. The van der Waals surface area contributed by atoms with E-state index in [2.05, 4.69) is 5.10 Å². The lowest BCUT2D eigenvalue weighted by Gasteiger charge is -2.13. The molecule has 0 saturated carbocycles. The molecule has 1 heterocycles. The number of rotatable bonds is 4. The van der Waals surface area contributed by atoms with E-state index in [0.717, 1.165) is 28.6 Å². The molecule has 0 aliphatic heterocycles. The third-order valence-electron chi connectivity index (χ3n) is 3.67. The fraction of sp³-hybridized carbons (Fsp3) is 0.222. The van der Waals surface area contributed by atoms with Gasteiger partial charge in [-0.25, -0.2) is 4.68 Å². The summed E-state index contributed by atoms with van der Waals surface area (Å²) in [6.07, 6.45) is 0. The fourth-order valence-electron chi connectivity index (χ4n) is 2.49. The Morgan fingerprint density at radius 1 is 0.955 bits per heavy atom. The van der Waals surface area contributed by atoms with Crippen molar-refractivity contribution in [3.63, 3.8) is 0 Å². The molecule has 3 aromatic rings. The number of benzene rings is 2. The molecule has 0 fully saturated rings. The van der Waals surface area contributed by atoms with Crippen molar-refractivity contribution in [3.05, 3.63) is 65.0 Å². The maximum atomic E-state index is 12.6. The van der Waals surface area contributed by atoms with Crippen LogP contribution in [0.1, 0.15) is 0 Å². The molecule has 0 aliphatic rings. The molecule has 4 heteroatoms. The third kappa shape index (κ3) is 2.78. The molecular weight excluding hydrogens is 274 g/mol. The van der Waals surface area contributed by atoms with Crippen LogP contribution in [0.5, 0.6) is 0 Å². The summed E-state index contributed by atoms with van der Waals surface area (Å²) in [4.78, 5) is 14.7. The van der Waals surface area contributed by atoms with Crippen molar-refractivity contribution in [2.45, 2.75) is 6.54 Å². The Morgan fingerprint density at radius 2 is 1.59 bits per heavy atom. The summed E-state index contributed by atoms with van der Waals surface area (Å²) in [7, 11) is 3.98. The summed E-state index contributed by atoms with van der Waals surface area (Å²) >= 11 is 0. The van der Waals surface area contributed by atoms with Crippen molar-refractivity contribution in [2.75, 3.05) is 20.6 Å². The average Bonchev–Trinajstić information content (AvgIpc) is 2.55. The summed E-state index contributed by atoms with van der Waals surface area (Å²) in [5.74, 6) is 0. The molecule has 1 aromatic heterocycles. The second-order valence-electron chi connectivity index (χ2n) is 5.59. The highest BCUT2D eigenvalue weighted by atomic mass is 16.1. The number of nitrogens with zero attached hydrogens (tertiary/aromatic N) is 3. The van der Waals surface area contributed by atoms with E-state index in [1.807, 2.05) is 73.6 Å². The highest BCUT2D eigenvalue weighted by Crippen LogP contribution is 2.24. The lowest BCUT2D eigenvalue weighted by molar-refractivity contribution is 0.369. The molecule has 112 valence electrons. The minimum Gasteiger partial charge on any atom is -0.308 e. The number of hydrogen-bond acceptors (Lipinski definition) is 3. The first-order valence-electron chi connectivity index (χ1n) is 7.37. The van der Waals surface area contributed by atoms with Gasteiger partial charge in [0.25, 0.3) is 5.56 Å². The molecular formula is C18H19N3O. The molecule has 0 atom stereocenters. The molecule has 22 heavy (non-hydrogen) atoms. The van der Waals surface area contributed by atoms with E-state index in [9.17, 15) is 4.79 Å². The minimum atomic E-state index is -0.0304. The standard InChI is InChI=1S/C18H19N3O/c1-20(2)12-13-21-18(22)16-11-7-6-10-15(16)17(19-21)14-8-4-3-5-9-14/h3-11H,12-13H2,1-2H3. The Hall–Kier alpha value is -2.46. The summed E-state index contributed by atoms with van der Waals surface area (Å²) in [5, 5.41) is 6.24. The fourth-order valence-corrected chi connectivity index (χ4v) is 2.49. The van der Waals surface area contributed by atoms with Crippen LogP contribution in [0.3, 0.4) is 0 Å². The second kappa shape index (κ2) is 6.12. The van der Waals surface area contributed by atoms with E-state index in [1.165, 1.54) is 0 Å². The first kappa shape index (κ1) is 14.5. The molecule has 0 N–H and O–H groups in total. The maximum absolute atomic E-state index is 12.6. The molecule has 0 aliphatic carbocycles. The highest BCUT2D eigenvalue weighted by molar-refractivity contribution is 5.93. The van der Waals surface area contributed by atoms with Gasteiger partial charge in [0.1, 0.15) is 0 Å². The van der Waals surface area contributed by atoms with E-state index in [4.69, 9.17) is 0 Å². The zero-order chi connectivity index (χ0) is 15.5. The van der Waals surface area contributed by atoms with Crippen LogP contribution >= 0.6 is 0 Å². The number of likely N-dealkylation sites (N-methyl/N-ethyl adjacent to an activating group) is 1. The Balaban J connectivity index is 2.22. The van der Waals surface area contributed by atoms with Gasteiger partial charge >= 0.3 is 0 Å². The molecule has 3 rings (SSSR count). The van der Waals surface area contributed by atoms with Crippen LogP contribution in [0.4, 0.5) is 0 Å². The van der Waals surface area contributed by atoms with Gasteiger partial charge in [0.2, 0.25) is 0 Å². The Kier molecular flexibility index (Phi) is 4.02. The van der Waals surface area contributed by atoms with Crippen LogP contribution in [-0.4, -0.2) is 35.3 Å². The predicted molar refractivity (Wildman–Crippen MR) is 90.0 cm³/mol. The van der Waals surface area contributed by atoms with Crippen LogP contribution < -0.4 is 5.56 Å². The van der Waals surface area contributed by atoms with E-state index < -0.39 is 0 Å². The van der Waals surface area contributed by atoms with Gasteiger partial charge in [-0.3, -0.25) is 4.79 Å². The normalized spacial score (nSPS) is 11.2. The number of hydrogen-bond donors (Lipinski definition) is 0. The van der Waals surface area contributed by atoms with E-state index in [-0.39, 0.29) is 5.56 Å². The monoisotopic (exact) mass is 293 g/mol. The van der Waals surface area contributed by atoms with E-state index in [1.54, 1.807) is 4.68 Å². The SMILES string of the molecule is CN(C)CCn1nc(-c2ccccc2)c2ccccc2c1=O. The van der Waals surface area contributed by atoms with Gasteiger partial charge in [-0.05, 0) is 20.2 Å². The molecule has 4 nitrogen and oxygen atoms in total. The summed E-state index contributed by atoms with van der Waals surface area (Å²) in [6.45, 7) is 1.36. The van der Waals surface area contributed by atoms with Crippen molar-refractivity contribution < 1.29 is 0 Å². The molecule has 0 unspecified atom stereocenters. The number of aromatic nitrogens is 2. The van der Waals surface area contributed by atoms with Crippen molar-refractivity contribution in [1.82, 2.24) is 14.7 Å². The van der Waals surface area contributed by atoms with Crippen molar-refractivity contribution in [2.24, 2.45) is 0 Å². The predicted octanol–water partition coefficient (Wildman–Crippen LogP) is 2.63. The molecule has 0 radical (unpaired) electrons. The Morgan fingerprint density at radius 3 is 2.27 bits per heavy atom. The molecule has 2 aromatic carbocycles.